The molecule has 0 radical (unpaired) electrons. The van der Waals surface area contributed by atoms with Gasteiger partial charge in [-0.1, -0.05) is 6.92 Å². The van der Waals surface area contributed by atoms with E-state index < -0.39 is 24.6 Å². The van der Waals surface area contributed by atoms with Gasteiger partial charge >= 0.3 is 12.0 Å². The second-order valence-electron chi connectivity index (χ2n) is 4.38. The maximum atomic E-state index is 12.0. The Bertz CT molecular complexity index is 310. The molecule has 0 aliphatic carbocycles. The number of aliphatic hydroxyl groups excluding tert-OH is 1. The van der Waals surface area contributed by atoms with E-state index >= 15 is 0 Å². The summed E-state index contributed by atoms with van der Waals surface area (Å²) in [7, 11) is 0. The van der Waals surface area contributed by atoms with E-state index in [0.29, 0.717) is 13.2 Å². The highest BCUT2D eigenvalue weighted by atomic mass is 16.5. The maximum absolute atomic E-state index is 12.0. The first-order valence-electron chi connectivity index (χ1n) is 6.02. The second kappa shape index (κ2) is 6.55. The molecule has 0 aromatic carbocycles. The SMILES string of the molecule is CCC1COC(C)CN1C(=O)NC(CO)C(=O)O. The average molecular weight is 260 g/mol. The number of ether oxygens (including phenoxy) is 1. The molecule has 2 amide bonds. The Labute approximate surface area is 106 Å². The predicted octanol–water partition coefficient (Wildman–Crippen LogP) is -0.359. The van der Waals surface area contributed by atoms with Crippen molar-refractivity contribution in [2.24, 2.45) is 0 Å². The van der Waals surface area contributed by atoms with Gasteiger partial charge in [-0.2, -0.15) is 0 Å². The highest BCUT2D eigenvalue weighted by molar-refractivity contribution is 5.82. The van der Waals surface area contributed by atoms with E-state index in [9.17, 15) is 9.59 Å². The van der Waals surface area contributed by atoms with Crippen LogP contribution in [0.2, 0.25) is 0 Å². The Morgan fingerprint density at radius 2 is 2.22 bits per heavy atom. The third kappa shape index (κ3) is 3.58. The van der Waals surface area contributed by atoms with E-state index in [4.69, 9.17) is 14.9 Å². The molecule has 1 aliphatic heterocycles. The smallest absolute Gasteiger partial charge is 0.328 e. The van der Waals surface area contributed by atoms with Gasteiger partial charge in [0.1, 0.15) is 0 Å². The van der Waals surface area contributed by atoms with Crippen molar-refractivity contribution >= 4 is 12.0 Å². The average Bonchev–Trinajstić information content (AvgIpc) is 2.35. The third-order valence-electron chi connectivity index (χ3n) is 2.98. The van der Waals surface area contributed by atoms with Crippen molar-refractivity contribution in [2.75, 3.05) is 19.8 Å². The van der Waals surface area contributed by atoms with E-state index in [-0.39, 0.29) is 12.1 Å². The van der Waals surface area contributed by atoms with Crippen molar-refractivity contribution in [3.63, 3.8) is 0 Å². The topological polar surface area (TPSA) is 99.1 Å². The number of amides is 2. The fourth-order valence-electron chi connectivity index (χ4n) is 1.85. The molecule has 0 aromatic rings. The third-order valence-corrected chi connectivity index (χ3v) is 2.98. The van der Waals surface area contributed by atoms with Gasteiger partial charge in [-0.05, 0) is 13.3 Å². The van der Waals surface area contributed by atoms with Gasteiger partial charge in [0, 0.05) is 6.54 Å². The Hall–Kier alpha value is -1.34. The van der Waals surface area contributed by atoms with Crippen LogP contribution in [-0.2, 0) is 9.53 Å². The van der Waals surface area contributed by atoms with Gasteiger partial charge in [0.05, 0.1) is 25.4 Å². The van der Waals surface area contributed by atoms with Gasteiger partial charge in [0.2, 0.25) is 0 Å². The highest BCUT2D eigenvalue weighted by Crippen LogP contribution is 2.14. The lowest BCUT2D eigenvalue weighted by molar-refractivity contribution is -0.140. The van der Waals surface area contributed by atoms with Crippen molar-refractivity contribution in [3.05, 3.63) is 0 Å². The lowest BCUT2D eigenvalue weighted by Gasteiger charge is -2.38. The monoisotopic (exact) mass is 260 g/mol. The number of nitrogens with zero attached hydrogens (tertiary/aromatic N) is 1. The molecular weight excluding hydrogens is 240 g/mol. The molecule has 3 unspecified atom stereocenters. The molecule has 1 aliphatic rings. The largest absolute Gasteiger partial charge is 0.480 e. The quantitative estimate of drug-likeness (QED) is 0.641. The van der Waals surface area contributed by atoms with E-state index in [0.717, 1.165) is 6.42 Å². The molecular formula is C11H20N2O5. The standard InChI is InChI=1S/C11H20N2O5/c1-3-8-6-18-7(2)4-13(8)11(17)12-9(5-14)10(15)16/h7-9,14H,3-6H2,1-2H3,(H,12,17)(H,15,16). The summed E-state index contributed by atoms with van der Waals surface area (Å²) in [5.41, 5.74) is 0. The van der Waals surface area contributed by atoms with Gasteiger partial charge in [0.15, 0.2) is 6.04 Å². The minimum Gasteiger partial charge on any atom is -0.480 e. The summed E-state index contributed by atoms with van der Waals surface area (Å²) in [5.74, 6) is -1.25. The molecule has 0 aromatic heterocycles. The summed E-state index contributed by atoms with van der Waals surface area (Å²) in [4.78, 5) is 24.3. The zero-order valence-electron chi connectivity index (χ0n) is 10.6. The first-order valence-corrected chi connectivity index (χ1v) is 6.02. The summed E-state index contributed by atoms with van der Waals surface area (Å²) < 4.78 is 5.45. The lowest BCUT2D eigenvalue weighted by Crippen LogP contribution is -2.57. The number of carbonyl (C=O) groups excluding carboxylic acids is 1. The molecule has 0 saturated carbocycles. The number of morpholine rings is 1. The number of aliphatic carboxylic acids is 1. The Morgan fingerprint density at radius 1 is 1.56 bits per heavy atom. The van der Waals surface area contributed by atoms with Gasteiger partial charge in [-0.15, -0.1) is 0 Å². The Balaban J connectivity index is 2.65. The first-order chi connectivity index (χ1) is 8.49. The highest BCUT2D eigenvalue weighted by Gasteiger charge is 2.31. The number of aliphatic hydroxyl groups is 1. The summed E-state index contributed by atoms with van der Waals surface area (Å²) in [6.07, 6.45) is 0.660. The van der Waals surface area contributed by atoms with E-state index in [1.54, 1.807) is 4.90 Å². The minimum absolute atomic E-state index is 0.0608. The van der Waals surface area contributed by atoms with Gasteiger partial charge in [-0.3, -0.25) is 0 Å². The number of carbonyl (C=O) groups is 2. The van der Waals surface area contributed by atoms with Crippen molar-refractivity contribution in [2.45, 2.75) is 38.5 Å². The fraction of sp³-hybridized carbons (Fsp3) is 0.818. The molecule has 1 saturated heterocycles. The molecule has 0 bridgehead atoms. The number of carboxylic acids is 1. The van der Waals surface area contributed by atoms with Crippen molar-refractivity contribution in [1.29, 1.82) is 0 Å². The summed E-state index contributed by atoms with van der Waals surface area (Å²) in [6, 6.07) is -1.80. The normalized spacial score (nSPS) is 25.6. The predicted molar refractivity (Wildman–Crippen MR) is 63.2 cm³/mol. The van der Waals surface area contributed by atoms with Crippen LogP contribution in [0.15, 0.2) is 0 Å². The number of carboxylic acid groups (broad SMARTS) is 1. The minimum atomic E-state index is -1.27. The van der Waals surface area contributed by atoms with Crippen LogP contribution in [0.25, 0.3) is 0 Å². The number of hydrogen-bond acceptors (Lipinski definition) is 4. The molecule has 1 heterocycles. The molecule has 104 valence electrons. The molecule has 7 nitrogen and oxygen atoms in total. The Kier molecular flexibility index (Phi) is 5.36. The van der Waals surface area contributed by atoms with Crippen LogP contribution in [0, 0.1) is 0 Å². The summed E-state index contributed by atoms with van der Waals surface area (Å²) in [6.45, 7) is 4.03. The summed E-state index contributed by atoms with van der Waals surface area (Å²) >= 11 is 0. The van der Waals surface area contributed by atoms with Crippen molar-refractivity contribution < 1.29 is 24.5 Å². The summed E-state index contributed by atoms with van der Waals surface area (Å²) in [5, 5.41) is 20.0. The van der Waals surface area contributed by atoms with Crippen LogP contribution in [0.5, 0.6) is 0 Å². The second-order valence-corrected chi connectivity index (χ2v) is 4.38. The van der Waals surface area contributed by atoms with Gasteiger partial charge in [0.25, 0.3) is 0 Å². The van der Waals surface area contributed by atoms with Crippen molar-refractivity contribution in [1.82, 2.24) is 10.2 Å². The molecule has 7 heteroatoms. The lowest BCUT2D eigenvalue weighted by atomic mass is 10.1. The van der Waals surface area contributed by atoms with E-state index in [1.807, 2.05) is 13.8 Å². The van der Waals surface area contributed by atoms with Gasteiger partial charge < -0.3 is 25.2 Å². The number of hydrogen-bond donors (Lipinski definition) is 3. The first kappa shape index (κ1) is 14.7. The molecule has 1 fully saturated rings. The zero-order chi connectivity index (χ0) is 13.7. The van der Waals surface area contributed by atoms with Crippen LogP contribution in [0.4, 0.5) is 4.79 Å². The molecule has 3 N–H and O–H groups in total. The van der Waals surface area contributed by atoms with E-state index in [1.165, 1.54) is 0 Å². The molecule has 18 heavy (non-hydrogen) atoms. The zero-order valence-corrected chi connectivity index (χ0v) is 10.6. The van der Waals surface area contributed by atoms with Gasteiger partial charge in [-0.25, -0.2) is 9.59 Å². The molecule has 1 rings (SSSR count). The van der Waals surface area contributed by atoms with Crippen LogP contribution in [0.1, 0.15) is 20.3 Å². The number of urea groups is 1. The van der Waals surface area contributed by atoms with Crippen LogP contribution in [-0.4, -0.2) is 65.1 Å². The molecule has 0 spiro atoms. The fourth-order valence-corrected chi connectivity index (χ4v) is 1.85. The number of rotatable bonds is 4. The maximum Gasteiger partial charge on any atom is 0.328 e. The van der Waals surface area contributed by atoms with Crippen LogP contribution >= 0.6 is 0 Å². The number of nitrogens with one attached hydrogen (secondary N) is 1. The Morgan fingerprint density at radius 3 is 2.72 bits per heavy atom. The van der Waals surface area contributed by atoms with Crippen LogP contribution < -0.4 is 5.32 Å². The van der Waals surface area contributed by atoms with Crippen LogP contribution in [0.3, 0.4) is 0 Å². The van der Waals surface area contributed by atoms with E-state index in [2.05, 4.69) is 5.32 Å². The molecule has 3 atom stereocenters. The van der Waals surface area contributed by atoms with Crippen molar-refractivity contribution in [3.8, 4) is 0 Å².